The van der Waals surface area contributed by atoms with Gasteiger partial charge in [0.2, 0.25) is 0 Å². The fourth-order valence-corrected chi connectivity index (χ4v) is 2.61. The lowest BCUT2D eigenvalue weighted by molar-refractivity contribution is 0.205. The average Bonchev–Trinajstić information content (AvgIpc) is 2.48. The molecule has 2 aromatic rings. The van der Waals surface area contributed by atoms with Crippen LogP contribution in [0.4, 0.5) is 5.82 Å². The van der Waals surface area contributed by atoms with Crippen molar-refractivity contribution < 1.29 is 4.74 Å². The van der Waals surface area contributed by atoms with E-state index >= 15 is 0 Å². The molecule has 4 nitrogen and oxygen atoms in total. The van der Waals surface area contributed by atoms with E-state index in [4.69, 9.17) is 10.00 Å². The Bertz CT molecular complexity index is 624. The number of rotatable bonds is 6. The van der Waals surface area contributed by atoms with Gasteiger partial charge in [0.1, 0.15) is 5.82 Å². The first kappa shape index (κ1) is 14.8. The number of ether oxygens (including phenoxy) is 1. The molecule has 0 amide bonds. The van der Waals surface area contributed by atoms with Gasteiger partial charge in [0, 0.05) is 41.6 Å². The Morgan fingerprint density at radius 1 is 1.30 bits per heavy atom. The number of anilines is 1. The third-order valence-electron chi connectivity index (χ3n) is 3.09. The number of aromatic nitrogens is 1. The Hall–Kier alpha value is -1.64. The molecule has 0 saturated heterocycles. The molecule has 0 aliphatic heterocycles. The molecule has 0 aliphatic carbocycles. The summed E-state index contributed by atoms with van der Waals surface area (Å²) in [5.74, 6) is 0.899. The third-order valence-corrected chi connectivity index (χ3v) is 3.78. The van der Waals surface area contributed by atoms with E-state index in [1.807, 2.05) is 18.2 Å². The number of nitrogens with zero attached hydrogens (tertiary/aromatic N) is 3. The molecule has 0 saturated carbocycles. The Labute approximate surface area is 127 Å². The van der Waals surface area contributed by atoms with Crippen molar-refractivity contribution in [3.05, 3.63) is 34.9 Å². The second-order valence-corrected chi connectivity index (χ2v) is 5.21. The first-order valence-corrected chi connectivity index (χ1v) is 7.21. The standard InChI is InChI=1S/C15H16BrN3O/c1-20-11-10-19(9-3-7-17)15-13-4-2-5-14(16)12(13)6-8-18-15/h2,4-6,8H,3,9-11H2,1H3. The van der Waals surface area contributed by atoms with Gasteiger partial charge in [-0.05, 0) is 12.1 Å². The molecule has 0 aliphatic rings. The van der Waals surface area contributed by atoms with Gasteiger partial charge in [-0.2, -0.15) is 5.26 Å². The van der Waals surface area contributed by atoms with Crippen LogP contribution in [0.2, 0.25) is 0 Å². The van der Waals surface area contributed by atoms with Crippen molar-refractivity contribution >= 4 is 32.5 Å². The van der Waals surface area contributed by atoms with Crippen molar-refractivity contribution in [1.82, 2.24) is 4.98 Å². The number of benzene rings is 1. The van der Waals surface area contributed by atoms with Crippen LogP contribution in [0.3, 0.4) is 0 Å². The van der Waals surface area contributed by atoms with Gasteiger partial charge in [-0.15, -0.1) is 0 Å². The average molecular weight is 334 g/mol. The van der Waals surface area contributed by atoms with Crippen LogP contribution in [0.15, 0.2) is 34.9 Å². The first-order chi connectivity index (χ1) is 9.77. The zero-order chi connectivity index (χ0) is 14.4. The van der Waals surface area contributed by atoms with Crippen LogP contribution in [0.1, 0.15) is 6.42 Å². The monoisotopic (exact) mass is 333 g/mol. The van der Waals surface area contributed by atoms with Crippen molar-refractivity contribution in [2.24, 2.45) is 0 Å². The van der Waals surface area contributed by atoms with Crippen molar-refractivity contribution in [1.29, 1.82) is 5.26 Å². The zero-order valence-corrected chi connectivity index (χ0v) is 12.9. The molecule has 1 heterocycles. The quantitative estimate of drug-likeness (QED) is 0.813. The molecule has 20 heavy (non-hydrogen) atoms. The van der Waals surface area contributed by atoms with Gasteiger partial charge in [0.15, 0.2) is 0 Å². The molecule has 0 bridgehead atoms. The highest BCUT2D eigenvalue weighted by Crippen LogP contribution is 2.29. The molecular formula is C15H16BrN3O. The third kappa shape index (κ3) is 3.27. The highest BCUT2D eigenvalue weighted by molar-refractivity contribution is 9.10. The normalized spacial score (nSPS) is 10.4. The number of fused-ring (bicyclic) bond motifs is 1. The van der Waals surface area contributed by atoms with Crippen LogP contribution in [0.5, 0.6) is 0 Å². The van der Waals surface area contributed by atoms with Crippen LogP contribution in [-0.4, -0.2) is 31.8 Å². The zero-order valence-electron chi connectivity index (χ0n) is 11.3. The van der Waals surface area contributed by atoms with E-state index in [9.17, 15) is 0 Å². The Balaban J connectivity index is 2.41. The summed E-state index contributed by atoms with van der Waals surface area (Å²) in [4.78, 5) is 6.59. The highest BCUT2D eigenvalue weighted by atomic mass is 79.9. The SMILES string of the molecule is COCCN(CCC#N)c1nccc2c(Br)cccc12. The van der Waals surface area contributed by atoms with Crippen LogP contribution >= 0.6 is 15.9 Å². The Morgan fingerprint density at radius 3 is 2.90 bits per heavy atom. The minimum absolute atomic E-state index is 0.468. The lowest BCUT2D eigenvalue weighted by Crippen LogP contribution is -2.29. The maximum absolute atomic E-state index is 8.81. The summed E-state index contributed by atoms with van der Waals surface area (Å²) in [6, 6.07) is 10.2. The predicted molar refractivity (Wildman–Crippen MR) is 83.8 cm³/mol. The van der Waals surface area contributed by atoms with Crippen molar-refractivity contribution in [3.8, 4) is 6.07 Å². The summed E-state index contributed by atoms with van der Waals surface area (Å²) in [6.07, 6.45) is 2.27. The number of hydrogen-bond acceptors (Lipinski definition) is 4. The van der Waals surface area contributed by atoms with Crippen molar-refractivity contribution in [2.45, 2.75) is 6.42 Å². The van der Waals surface area contributed by atoms with Gasteiger partial charge in [0.25, 0.3) is 0 Å². The number of hydrogen-bond donors (Lipinski definition) is 0. The Morgan fingerprint density at radius 2 is 2.15 bits per heavy atom. The lowest BCUT2D eigenvalue weighted by atomic mass is 10.1. The van der Waals surface area contributed by atoms with Crippen LogP contribution in [0, 0.1) is 11.3 Å². The largest absolute Gasteiger partial charge is 0.383 e. The van der Waals surface area contributed by atoms with Gasteiger partial charge in [-0.3, -0.25) is 0 Å². The van der Waals surface area contributed by atoms with Gasteiger partial charge in [-0.1, -0.05) is 28.1 Å². The molecule has 0 radical (unpaired) electrons. The van der Waals surface area contributed by atoms with Crippen molar-refractivity contribution in [3.63, 3.8) is 0 Å². The second kappa shape index (κ2) is 7.22. The minimum atomic E-state index is 0.468. The number of nitriles is 1. The molecule has 0 atom stereocenters. The number of methoxy groups -OCH3 is 1. The summed E-state index contributed by atoms with van der Waals surface area (Å²) < 4.78 is 6.19. The maximum Gasteiger partial charge on any atom is 0.136 e. The summed E-state index contributed by atoms with van der Waals surface area (Å²) in [7, 11) is 1.68. The maximum atomic E-state index is 8.81. The fraction of sp³-hybridized carbons (Fsp3) is 0.333. The molecule has 104 valence electrons. The first-order valence-electron chi connectivity index (χ1n) is 6.42. The molecule has 0 fully saturated rings. The van der Waals surface area contributed by atoms with E-state index in [1.54, 1.807) is 13.3 Å². The summed E-state index contributed by atoms with van der Waals surface area (Å²) in [5.41, 5.74) is 0. The van der Waals surface area contributed by atoms with Crippen molar-refractivity contribution in [2.75, 3.05) is 31.7 Å². The van der Waals surface area contributed by atoms with E-state index in [-0.39, 0.29) is 0 Å². The van der Waals surface area contributed by atoms with E-state index in [1.165, 1.54) is 0 Å². The minimum Gasteiger partial charge on any atom is -0.383 e. The molecule has 0 N–H and O–H groups in total. The smallest absolute Gasteiger partial charge is 0.136 e. The highest BCUT2D eigenvalue weighted by Gasteiger charge is 2.12. The van der Waals surface area contributed by atoms with Crippen LogP contribution in [0.25, 0.3) is 10.8 Å². The van der Waals surface area contributed by atoms with Gasteiger partial charge >= 0.3 is 0 Å². The molecule has 1 aromatic heterocycles. The summed E-state index contributed by atoms with van der Waals surface area (Å²) in [6.45, 7) is 1.98. The summed E-state index contributed by atoms with van der Waals surface area (Å²) >= 11 is 3.56. The van der Waals surface area contributed by atoms with E-state index in [0.29, 0.717) is 19.6 Å². The van der Waals surface area contributed by atoms with Crippen LogP contribution < -0.4 is 4.90 Å². The van der Waals surface area contributed by atoms with E-state index in [2.05, 4.69) is 37.9 Å². The molecule has 0 unspecified atom stereocenters. The number of halogens is 1. The number of pyridine rings is 1. The van der Waals surface area contributed by atoms with Gasteiger partial charge < -0.3 is 9.64 Å². The predicted octanol–water partition coefficient (Wildman–Crippen LogP) is 3.36. The van der Waals surface area contributed by atoms with Gasteiger partial charge in [-0.25, -0.2) is 4.98 Å². The lowest BCUT2D eigenvalue weighted by Gasteiger charge is -2.23. The molecule has 2 rings (SSSR count). The van der Waals surface area contributed by atoms with Crippen LogP contribution in [-0.2, 0) is 4.74 Å². The summed E-state index contributed by atoms with van der Waals surface area (Å²) in [5, 5.41) is 11.0. The molecule has 0 spiro atoms. The topological polar surface area (TPSA) is 49.1 Å². The molecule has 1 aromatic carbocycles. The van der Waals surface area contributed by atoms with Gasteiger partial charge in [0.05, 0.1) is 19.1 Å². The fourth-order valence-electron chi connectivity index (χ4n) is 2.12. The molecular weight excluding hydrogens is 318 g/mol. The second-order valence-electron chi connectivity index (χ2n) is 4.36. The molecule has 5 heteroatoms. The van der Waals surface area contributed by atoms with E-state index < -0.39 is 0 Å². The Kier molecular flexibility index (Phi) is 5.33. The van der Waals surface area contributed by atoms with E-state index in [0.717, 1.165) is 27.6 Å².